The summed E-state index contributed by atoms with van der Waals surface area (Å²) in [5.74, 6) is 0.769. The molecule has 0 spiro atoms. The summed E-state index contributed by atoms with van der Waals surface area (Å²) in [7, 11) is 0. The molecule has 0 saturated heterocycles. The van der Waals surface area contributed by atoms with Crippen LogP contribution in [0.4, 0.5) is 0 Å². The highest BCUT2D eigenvalue weighted by molar-refractivity contribution is 5.85. The third kappa shape index (κ3) is 2.51. The third-order valence-electron chi connectivity index (χ3n) is 3.57. The normalized spacial score (nSPS) is 10.6. The van der Waals surface area contributed by atoms with E-state index in [-0.39, 0.29) is 0 Å². The van der Waals surface area contributed by atoms with Crippen molar-refractivity contribution >= 4 is 0 Å². The monoisotopic (exact) mass is 299 g/mol. The average molecular weight is 299 g/mol. The Morgan fingerprint density at radius 1 is 0.609 bits per heavy atom. The fourth-order valence-electron chi connectivity index (χ4n) is 2.55. The number of rotatable bonds is 3. The number of hydrogen-bond acceptors (Lipinski definition) is 4. The van der Waals surface area contributed by atoms with Crippen LogP contribution < -0.4 is 0 Å². The molecule has 0 N–H and O–H groups in total. The minimum absolute atomic E-state index is 0.769. The van der Waals surface area contributed by atoms with Crippen LogP contribution in [-0.2, 0) is 0 Å². The van der Waals surface area contributed by atoms with Gasteiger partial charge in [-0.3, -0.25) is 15.0 Å². The van der Waals surface area contributed by atoms with Gasteiger partial charge in [-0.2, -0.15) is 0 Å². The molecule has 110 valence electrons. The van der Waals surface area contributed by atoms with Gasteiger partial charge in [-0.15, -0.1) is 0 Å². The van der Waals surface area contributed by atoms with E-state index in [0.717, 1.165) is 34.0 Å². The second kappa shape index (κ2) is 5.85. The van der Waals surface area contributed by atoms with Crippen molar-refractivity contribution in [1.29, 1.82) is 0 Å². The van der Waals surface area contributed by atoms with Gasteiger partial charge in [-0.05, 0) is 48.5 Å². The lowest BCUT2D eigenvalue weighted by Crippen LogP contribution is -1.95. The molecule has 0 atom stereocenters. The molecule has 0 aliphatic heterocycles. The van der Waals surface area contributed by atoms with Crippen molar-refractivity contribution in [1.82, 2.24) is 15.0 Å². The van der Waals surface area contributed by atoms with E-state index in [4.69, 9.17) is 4.42 Å². The minimum Gasteiger partial charge on any atom is -0.464 e. The molecule has 0 amide bonds. The van der Waals surface area contributed by atoms with Crippen LogP contribution in [0.2, 0.25) is 0 Å². The van der Waals surface area contributed by atoms with Gasteiger partial charge in [0.05, 0.1) is 17.7 Å². The lowest BCUT2D eigenvalue weighted by atomic mass is 10.0. The molecule has 0 radical (unpaired) electrons. The second-order valence-electron chi connectivity index (χ2n) is 4.99. The smallest absolute Gasteiger partial charge is 0.136 e. The maximum Gasteiger partial charge on any atom is 0.136 e. The first-order valence-corrected chi connectivity index (χ1v) is 7.29. The molecule has 0 fully saturated rings. The zero-order chi connectivity index (χ0) is 15.5. The first kappa shape index (κ1) is 13.4. The standard InChI is InChI=1S/C19H13N3O/c1-2-10-20-16(8-1)14-6-3-11-21-18(14)19-15(7-4-12-22-19)17-9-5-13-23-17/h1-13H. The van der Waals surface area contributed by atoms with Gasteiger partial charge < -0.3 is 4.42 Å². The molecule has 0 aliphatic carbocycles. The van der Waals surface area contributed by atoms with E-state index >= 15 is 0 Å². The van der Waals surface area contributed by atoms with E-state index in [0.29, 0.717) is 0 Å². The summed E-state index contributed by atoms with van der Waals surface area (Å²) in [6.07, 6.45) is 6.96. The highest BCUT2D eigenvalue weighted by Crippen LogP contribution is 2.34. The van der Waals surface area contributed by atoms with Gasteiger partial charge in [0.1, 0.15) is 11.5 Å². The Bertz CT molecular complexity index is 918. The summed E-state index contributed by atoms with van der Waals surface area (Å²) in [5, 5.41) is 0. The van der Waals surface area contributed by atoms with Crippen LogP contribution >= 0.6 is 0 Å². The predicted molar refractivity (Wildman–Crippen MR) is 88.4 cm³/mol. The first-order chi connectivity index (χ1) is 11.4. The van der Waals surface area contributed by atoms with Crippen molar-refractivity contribution in [2.75, 3.05) is 0 Å². The summed E-state index contributed by atoms with van der Waals surface area (Å²) in [6, 6.07) is 17.4. The fraction of sp³-hybridized carbons (Fsp3) is 0. The van der Waals surface area contributed by atoms with Gasteiger partial charge in [0.2, 0.25) is 0 Å². The molecule has 4 heterocycles. The molecule has 23 heavy (non-hydrogen) atoms. The Morgan fingerprint density at radius 2 is 1.35 bits per heavy atom. The zero-order valence-corrected chi connectivity index (χ0v) is 12.3. The van der Waals surface area contributed by atoms with Gasteiger partial charge in [0.15, 0.2) is 0 Å². The summed E-state index contributed by atoms with van der Waals surface area (Å²) in [6.45, 7) is 0. The van der Waals surface area contributed by atoms with Crippen LogP contribution in [0.3, 0.4) is 0 Å². The van der Waals surface area contributed by atoms with Crippen molar-refractivity contribution in [3.05, 3.63) is 79.5 Å². The van der Waals surface area contributed by atoms with E-state index in [1.807, 2.05) is 54.6 Å². The van der Waals surface area contributed by atoms with Crippen LogP contribution in [0.15, 0.2) is 83.9 Å². The van der Waals surface area contributed by atoms with Gasteiger partial charge in [-0.1, -0.05) is 6.07 Å². The highest BCUT2D eigenvalue weighted by atomic mass is 16.3. The van der Waals surface area contributed by atoms with Crippen molar-refractivity contribution < 1.29 is 4.42 Å². The molecule has 4 nitrogen and oxygen atoms in total. The van der Waals surface area contributed by atoms with E-state index in [2.05, 4.69) is 15.0 Å². The van der Waals surface area contributed by atoms with Crippen LogP contribution in [-0.4, -0.2) is 15.0 Å². The number of furan rings is 1. The quantitative estimate of drug-likeness (QED) is 0.560. The Labute approximate surface area is 133 Å². The summed E-state index contributed by atoms with van der Waals surface area (Å²) in [4.78, 5) is 13.5. The van der Waals surface area contributed by atoms with Crippen molar-refractivity contribution in [2.24, 2.45) is 0 Å². The van der Waals surface area contributed by atoms with Crippen LogP contribution in [0, 0.1) is 0 Å². The topological polar surface area (TPSA) is 51.8 Å². The molecule has 4 rings (SSSR count). The summed E-state index contributed by atoms with van der Waals surface area (Å²) < 4.78 is 5.54. The van der Waals surface area contributed by atoms with E-state index in [1.165, 1.54) is 0 Å². The maximum atomic E-state index is 5.54. The van der Waals surface area contributed by atoms with E-state index < -0.39 is 0 Å². The second-order valence-corrected chi connectivity index (χ2v) is 4.99. The third-order valence-corrected chi connectivity index (χ3v) is 3.57. The zero-order valence-electron chi connectivity index (χ0n) is 12.3. The largest absolute Gasteiger partial charge is 0.464 e. The number of nitrogens with zero attached hydrogens (tertiary/aromatic N) is 3. The van der Waals surface area contributed by atoms with Crippen molar-refractivity contribution in [3.63, 3.8) is 0 Å². The molecule has 0 unspecified atom stereocenters. The molecular formula is C19H13N3O. The molecule has 4 aromatic heterocycles. The van der Waals surface area contributed by atoms with Gasteiger partial charge >= 0.3 is 0 Å². The Morgan fingerprint density at radius 3 is 2.04 bits per heavy atom. The maximum absolute atomic E-state index is 5.54. The first-order valence-electron chi connectivity index (χ1n) is 7.29. The predicted octanol–water partition coefficient (Wildman–Crippen LogP) is 4.47. The molecule has 4 heteroatoms. The van der Waals surface area contributed by atoms with Crippen LogP contribution in [0.5, 0.6) is 0 Å². The SMILES string of the molecule is c1ccc(-c2cccnc2-c2ncccc2-c2ccco2)nc1. The Kier molecular flexibility index (Phi) is 3.41. The Hall–Kier alpha value is -3.27. The average Bonchev–Trinajstić information content (AvgIpc) is 3.17. The van der Waals surface area contributed by atoms with Crippen molar-refractivity contribution in [3.8, 4) is 34.0 Å². The molecular weight excluding hydrogens is 286 g/mol. The van der Waals surface area contributed by atoms with Gasteiger partial charge in [0, 0.05) is 29.7 Å². The summed E-state index contributed by atoms with van der Waals surface area (Å²) in [5.41, 5.74) is 4.29. The molecule has 0 saturated carbocycles. The molecule has 0 aromatic carbocycles. The minimum atomic E-state index is 0.769. The number of aromatic nitrogens is 3. The van der Waals surface area contributed by atoms with E-state index in [9.17, 15) is 0 Å². The lowest BCUT2D eigenvalue weighted by molar-refractivity contribution is 0.582. The number of hydrogen-bond donors (Lipinski definition) is 0. The number of pyridine rings is 3. The van der Waals surface area contributed by atoms with Crippen molar-refractivity contribution in [2.45, 2.75) is 0 Å². The van der Waals surface area contributed by atoms with Gasteiger partial charge in [0.25, 0.3) is 0 Å². The Balaban J connectivity index is 1.94. The summed E-state index contributed by atoms with van der Waals surface area (Å²) >= 11 is 0. The van der Waals surface area contributed by atoms with Crippen LogP contribution in [0.1, 0.15) is 0 Å². The van der Waals surface area contributed by atoms with Gasteiger partial charge in [-0.25, -0.2) is 0 Å². The highest BCUT2D eigenvalue weighted by Gasteiger charge is 2.16. The fourth-order valence-corrected chi connectivity index (χ4v) is 2.55. The molecule has 4 aromatic rings. The van der Waals surface area contributed by atoms with E-state index in [1.54, 1.807) is 24.9 Å². The lowest BCUT2D eigenvalue weighted by Gasteiger charge is -2.10. The molecule has 0 bridgehead atoms. The molecule has 0 aliphatic rings. The van der Waals surface area contributed by atoms with Crippen LogP contribution in [0.25, 0.3) is 34.0 Å².